The Morgan fingerprint density at radius 3 is 1.76 bits per heavy atom. The Hall–Kier alpha value is -0.617. The van der Waals surface area contributed by atoms with Gasteiger partial charge < -0.3 is 31.2 Å². The van der Waals surface area contributed by atoms with Crippen LogP contribution in [0.1, 0.15) is 6.42 Å². The molecule has 29 heavy (non-hydrogen) atoms. The molecular formula is C26H26Cl2Zr. The third kappa shape index (κ3) is 4.68. The molecule has 6 rings (SSSR count). The van der Waals surface area contributed by atoms with E-state index in [2.05, 4.69) is 91.5 Å². The summed E-state index contributed by atoms with van der Waals surface area (Å²) in [7, 11) is 0. The summed E-state index contributed by atoms with van der Waals surface area (Å²) in [5, 5.41) is 0. The average Bonchev–Trinajstić information content (AvgIpc) is 3.40. The molecule has 2 saturated carbocycles. The van der Waals surface area contributed by atoms with Gasteiger partial charge in [0.1, 0.15) is 0 Å². The van der Waals surface area contributed by atoms with Gasteiger partial charge in [-0.05, 0) is 29.6 Å². The molecule has 2 fully saturated rings. The van der Waals surface area contributed by atoms with Crippen molar-refractivity contribution >= 4 is 0 Å². The third-order valence-corrected chi connectivity index (χ3v) is 6.92. The Morgan fingerprint density at radius 1 is 0.621 bits per heavy atom. The van der Waals surface area contributed by atoms with Crippen molar-refractivity contribution in [3.8, 4) is 0 Å². The van der Waals surface area contributed by atoms with Gasteiger partial charge in [0.15, 0.2) is 0 Å². The van der Waals surface area contributed by atoms with Gasteiger partial charge in [-0.1, -0.05) is 72.8 Å². The summed E-state index contributed by atoms with van der Waals surface area (Å²) < 4.78 is 0. The first-order valence-corrected chi connectivity index (χ1v) is 10.1. The van der Waals surface area contributed by atoms with Crippen molar-refractivity contribution in [3.05, 3.63) is 104 Å². The van der Waals surface area contributed by atoms with Crippen molar-refractivity contribution in [3.63, 3.8) is 0 Å². The van der Waals surface area contributed by atoms with Crippen LogP contribution in [0.25, 0.3) is 0 Å². The molecule has 0 heterocycles. The molecule has 0 saturated heterocycles. The van der Waals surface area contributed by atoms with E-state index in [4.69, 9.17) is 0 Å². The molecule has 0 aromatic rings. The van der Waals surface area contributed by atoms with Crippen LogP contribution >= 0.6 is 0 Å². The molecule has 6 aliphatic rings. The van der Waals surface area contributed by atoms with E-state index in [0.29, 0.717) is 35.5 Å². The number of fused-ring (bicyclic) bond motifs is 8. The van der Waals surface area contributed by atoms with Crippen molar-refractivity contribution in [1.29, 1.82) is 0 Å². The molecule has 8 unspecified atom stereocenters. The van der Waals surface area contributed by atoms with Gasteiger partial charge in [0.25, 0.3) is 0 Å². The van der Waals surface area contributed by atoms with Crippen molar-refractivity contribution in [2.24, 2.45) is 47.3 Å². The molecule has 0 amide bonds. The topological polar surface area (TPSA) is 0 Å². The number of hydrogen-bond donors (Lipinski definition) is 0. The smallest absolute Gasteiger partial charge is 1.00 e. The van der Waals surface area contributed by atoms with Crippen LogP contribution in [0.15, 0.2) is 91.1 Å². The Bertz CT molecular complexity index is 773. The number of allylic oxidation sites excluding steroid dienone is 16. The number of halogens is 2. The van der Waals surface area contributed by atoms with Crippen molar-refractivity contribution < 1.29 is 51.0 Å². The molecule has 3 heteroatoms. The number of rotatable bonds is 0. The van der Waals surface area contributed by atoms with Gasteiger partial charge in [0.2, 0.25) is 0 Å². The van der Waals surface area contributed by atoms with Gasteiger partial charge in [-0.3, -0.25) is 6.08 Å². The minimum absolute atomic E-state index is 0. The first-order valence-electron chi connectivity index (χ1n) is 10.1. The van der Waals surface area contributed by atoms with Gasteiger partial charge in [-0.25, -0.2) is 12.2 Å². The van der Waals surface area contributed by atoms with Crippen LogP contribution in [0.5, 0.6) is 0 Å². The fourth-order valence-corrected chi connectivity index (χ4v) is 5.92. The Kier molecular flexibility index (Phi) is 9.46. The van der Waals surface area contributed by atoms with E-state index in [-0.39, 0.29) is 51.0 Å². The maximum atomic E-state index is 2.99. The molecule has 0 aliphatic heterocycles. The van der Waals surface area contributed by atoms with Crippen molar-refractivity contribution in [1.82, 2.24) is 0 Å². The predicted octanol–water partition coefficient (Wildman–Crippen LogP) is -0.163. The van der Waals surface area contributed by atoms with Crippen LogP contribution in [0.3, 0.4) is 0 Å². The zero-order valence-electron chi connectivity index (χ0n) is 16.3. The second-order valence-corrected chi connectivity index (χ2v) is 8.12. The SMILES string of the molecule is C1=CC2[CH-]C3C4C=CC=CC4C4C=CC=CC4C3C2C=C1.[C-]1=CC=CC1.[Cl-].[Cl-].[Zr+4]. The molecule has 148 valence electrons. The molecule has 8 atom stereocenters. The molecule has 0 spiro atoms. The third-order valence-electron chi connectivity index (χ3n) is 6.92. The normalized spacial score (nSPS) is 40.3. The monoisotopic (exact) mass is 498 g/mol. The maximum Gasteiger partial charge on any atom is 4.00 e. The Balaban J connectivity index is 0.000000333. The van der Waals surface area contributed by atoms with E-state index in [1.54, 1.807) is 0 Å². The van der Waals surface area contributed by atoms with Crippen LogP contribution in [0, 0.1) is 59.8 Å². The zero-order valence-corrected chi connectivity index (χ0v) is 20.3. The molecule has 0 nitrogen and oxygen atoms in total. The van der Waals surface area contributed by atoms with Crippen molar-refractivity contribution in [2.75, 3.05) is 0 Å². The van der Waals surface area contributed by atoms with Crippen LogP contribution < -0.4 is 24.8 Å². The summed E-state index contributed by atoms with van der Waals surface area (Å²) in [6.07, 6.45) is 41.0. The van der Waals surface area contributed by atoms with E-state index >= 15 is 0 Å². The maximum absolute atomic E-state index is 2.99. The minimum Gasteiger partial charge on any atom is -1.00 e. The van der Waals surface area contributed by atoms with Gasteiger partial charge in [-0.15, -0.1) is 18.4 Å². The molecule has 0 radical (unpaired) electrons. The summed E-state index contributed by atoms with van der Waals surface area (Å²) in [4.78, 5) is 0. The molecular weight excluding hydrogens is 474 g/mol. The molecule has 0 bridgehead atoms. The van der Waals surface area contributed by atoms with Gasteiger partial charge in [0.05, 0.1) is 0 Å². The van der Waals surface area contributed by atoms with E-state index in [1.807, 2.05) is 12.2 Å². The van der Waals surface area contributed by atoms with E-state index in [0.717, 1.165) is 18.3 Å². The van der Waals surface area contributed by atoms with Gasteiger partial charge >= 0.3 is 26.2 Å². The zero-order chi connectivity index (χ0) is 17.3. The van der Waals surface area contributed by atoms with Crippen LogP contribution in [-0.2, 0) is 26.2 Å². The Morgan fingerprint density at radius 2 is 1.17 bits per heavy atom. The standard InChI is InChI=1S/C21H21.C5H5.2ClH.Zr/c1-2-8-15-14(7-1)13-20-18-11-4-3-9-16(18)17-10-5-6-12-19(17)21(15)20;1-2-4-5-3-1;;;/h1-21H;1-3H,4H2;2*1H;/q2*-1;;;+4/p-2. The average molecular weight is 501 g/mol. The fourth-order valence-electron chi connectivity index (χ4n) is 5.92. The summed E-state index contributed by atoms with van der Waals surface area (Å²) in [6, 6.07) is 0. The van der Waals surface area contributed by atoms with Crippen molar-refractivity contribution in [2.45, 2.75) is 6.42 Å². The Labute approximate surface area is 207 Å². The molecule has 0 N–H and O–H groups in total. The summed E-state index contributed by atoms with van der Waals surface area (Å²) >= 11 is 0. The first-order chi connectivity index (χ1) is 12.9. The number of hydrogen-bond acceptors (Lipinski definition) is 0. The molecule has 0 aromatic heterocycles. The predicted molar refractivity (Wildman–Crippen MR) is 109 cm³/mol. The van der Waals surface area contributed by atoms with Gasteiger partial charge in [-0.2, -0.15) is 12.0 Å². The van der Waals surface area contributed by atoms with E-state index < -0.39 is 0 Å². The van der Waals surface area contributed by atoms with Crippen LogP contribution in [0.2, 0.25) is 0 Å². The van der Waals surface area contributed by atoms with E-state index in [1.165, 1.54) is 0 Å². The van der Waals surface area contributed by atoms with Gasteiger partial charge in [0, 0.05) is 0 Å². The molecule has 6 aliphatic carbocycles. The minimum atomic E-state index is 0. The van der Waals surface area contributed by atoms with Crippen LogP contribution in [-0.4, -0.2) is 0 Å². The van der Waals surface area contributed by atoms with E-state index in [9.17, 15) is 0 Å². The summed E-state index contributed by atoms with van der Waals surface area (Å²) in [6.45, 7) is 0. The summed E-state index contributed by atoms with van der Waals surface area (Å²) in [5.41, 5.74) is 0. The first kappa shape index (κ1) is 24.7. The second kappa shape index (κ2) is 11.1. The molecule has 0 aromatic carbocycles. The fraction of sp³-hybridized carbons (Fsp3) is 0.346. The second-order valence-electron chi connectivity index (χ2n) is 8.12. The summed E-state index contributed by atoms with van der Waals surface area (Å²) in [5.74, 6) is 5.66. The van der Waals surface area contributed by atoms with Crippen LogP contribution in [0.4, 0.5) is 0 Å². The largest absolute Gasteiger partial charge is 4.00 e. The quantitative estimate of drug-likeness (QED) is 0.406.